The van der Waals surface area contributed by atoms with Gasteiger partial charge in [0.25, 0.3) is 0 Å². The van der Waals surface area contributed by atoms with Crippen molar-refractivity contribution in [1.29, 1.82) is 0 Å². The van der Waals surface area contributed by atoms with Gasteiger partial charge in [-0.25, -0.2) is 0 Å². The van der Waals surface area contributed by atoms with Crippen molar-refractivity contribution in [3.63, 3.8) is 0 Å². The minimum atomic E-state index is -0.704. The quantitative estimate of drug-likeness (QED) is 0.691. The van der Waals surface area contributed by atoms with Crippen molar-refractivity contribution < 1.29 is 9.34 Å². The fourth-order valence-corrected chi connectivity index (χ4v) is 1.93. The zero-order chi connectivity index (χ0) is 13.3. The van der Waals surface area contributed by atoms with Gasteiger partial charge >= 0.3 is 5.88 Å². The van der Waals surface area contributed by atoms with E-state index in [1.807, 2.05) is 0 Å². The van der Waals surface area contributed by atoms with Gasteiger partial charge in [0.2, 0.25) is 0 Å². The molecule has 18 heavy (non-hydrogen) atoms. The van der Waals surface area contributed by atoms with Gasteiger partial charge in [-0.05, 0) is 29.8 Å². The van der Waals surface area contributed by atoms with E-state index in [0.29, 0.717) is 15.6 Å². The van der Waals surface area contributed by atoms with Gasteiger partial charge in [-0.2, -0.15) is 0 Å². The second kappa shape index (κ2) is 4.97. The molecule has 1 heterocycles. The van der Waals surface area contributed by atoms with Crippen LogP contribution in [0.25, 0.3) is 0 Å². The standard InChI is InChI=1S/C11H8Cl2N2O3/c12-6-1-2-8(13)7(5-6)11(14)9-3-4-10(18-9)15(16)17/h1-5,11H,14H2. The Morgan fingerprint density at radius 1 is 1.28 bits per heavy atom. The summed E-state index contributed by atoms with van der Waals surface area (Å²) in [5, 5.41) is 11.4. The molecule has 1 unspecified atom stereocenters. The van der Waals surface area contributed by atoms with E-state index in [-0.39, 0.29) is 11.6 Å². The molecule has 0 bridgehead atoms. The van der Waals surface area contributed by atoms with Crippen LogP contribution in [0.1, 0.15) is 17.4 Å². The minimum absolute atomic E-state index is 0.255. The van der Waals surface area contributed by atoms with Gasteiger partial charge in [0.1, 0.15) is 10.7 Å². The molecule has 2 N–H and O–H groups in total. The summed E-state index contributed by atoms with van der Waals surface area (Å²) in [6, 6.07) is 6.82. The maximum atomic E-state index is 10.5. The average molecular weight is 287 g/mol. The zero-order valence-electron chi connectivity index (χ0n) is 8.97. The van der Waals surface area contributed by atoms with E-state index in [1.54, 1.807) is 18.2 Å². The van der Waals surface area contributed by atoms with E-state index in [0.717, 1.165) is 0 Å². The number of nitrogens with two attached hydrogens (primary N) is 1. The molecule has 0 fully saturated rings. The Kier molecular flexibility index (Phi) is 3.56. The molecule has 1 aromatic carbocycles. The molecule has 0 radical (unpaired) electrons. The highest BCUT2D eigenvalue weighted by molar-refractivity contribution is 6.33. The van der Waals surface area contributed by atoms with E-state index in [1.165, 1.54) is 12.1 Å². The second-order valence-electron chi connectivity index (χ2n) is 3.58. The van der Waals surface area contributed by atoms with Crippen LogP contribution in [0.4, 0.5) is 5.88 Å². The lowest BCUT2D eigenvalue weighted by Crippen LogP contribution is -2.11. The first kappa shape index (κ1) is 12.9. The van der Waals surface area contributed by atoms with E-state index in [2.05, 4.69) is 0 Å². The molecule has 1 atom stereocenters. The highest BCUT2D eigenvalue weighted by Crippen LogP contribution is 2.31. The number of rotatable bonds is 3. The summed E-state index contributed by atoms with van der Waals surface area (Å²) >= 11 is 11.8. The van der Waals surface area contributed by atoms with Crippen molar-refractivity contribution in [2.75, 3.05) is 0 Å². The Balaban J connectivity index is 2.37. The largest absolute Gasteiger partial charge is 0.433 e. The number of hydrogen-bond acceptors (Lipinski definition) is 4. The van der Waals surface area contributed by atoms with Gasteiger partial charge in [-0.1, -0.05) is 23.2 Å². The molecule has 1 aromatic heterocycles. The molecule has 0 aliphatic heterocycles. The highest BCUT2D eigenvalue weighted by Gasteiger charge is 2.20. The fourth-order valence-electron chi connectivity index (χ4n) is 1.51. The monoisotopic (exact) mass is 286 g/mol. The third-order valence-corrected chi connectivity index (χ3v) is 2.97. The Bertz CT molecular complexity index is 598. The number of furan rings is 1. The molecule has 0 spiro atoms. The maximum absolute atomic E-state index is 10.5. The van der Waals surface area contributed by atoms with Gasteiger partial charge in [-0.3, -0.25) is 10.1 Å². The number of halogens is 2. The van der Waals surface area contributed by atoms with E-state index in [9.17, 15) is 10.1 Å². The summed E-state index contributed by atoms with van der Waals surface area (Å²) in [6.07, 6.45) is 0. The maximum Gasteiger partial charge on any atom is 0.433 e. The number of nitro groups is 1. The van der Waals surface area contributed by atoms with E-state index in [4.69, 9.17) is 33.4 Å². The van der Waals surface area contributed by atoms with Crippen LogP contribution in [0, 0.1) is 10.1 Å². The van der Waals surface area contributed by atoms with Crippen LogP contribution < -0.4 is 5.73 Å². The van der Waals surface area contributed by atoms with Gasteiger partial charge < -0.3 is 10.2 Å². The second-order valence-corrected chi connectivity index (χ2v) is 4.42. The van der Waals surface area contributed by atoms with Crippen LogP contribution in [0.2, 0.25) is 10.0 Å². The van der Waals surface area contributed by atoms with Gasteiger partial charge in [-0.15, -0.1) is 0 Å². The molecule has 0 aliphatic carbocycles. The van der Waals surface area contributed by atoms with Crippen LogP contribution in [0.15, 0.2) is 34.7 Å². The van der Waals surface area contributed by atoms with Crippen molar-refractivity contribution in [2.24, 2.45) is 5.73 Å². The number of hydrogen-bond donors (Lipinski definition) is 1. The van der Waals surface area contributed by atoms with Gasteiger partial charge in [0.05, 0.1) is 12.1 Å². The van der Waals surface area contributed by atoms with Gasteiger partial charge in [0.15, 0.2) is 0 Å². The summed E-state index contributed by atoms with van der Waals surface area (Å²) in [7, 11) is 0. The molecule has 5 nitrogen and oxygen atoms in total. The lowest BCUT2D eigenvalue weighted by Gasteiger charge is -2.11. The van der Waals surface area contributed by atoms with Crippen molar-refractivity contribution in [3.05, 3.63) is 61.8 Å². The van der Waals surface area contributed by atoms with Gasteiger partial charge in [0, 0.05) is 10.0 Å². The molecule has 0 amide bonds. The molecular weight excluding hydrogens is 279 g/mol. The molecule has 0 saturated carbocycles. The van der Waals surface area contributed by atoms with E-state index >= 15 is 0 Å². The third kappa shape index (κ3) is 2.48. The summed E-state index contributed by atoms with van der Waals surface area (Å²) in [5.74, 6) is -0.107. The summed E-state index contributed by atoms with van der Waals surface area (Å²) in [5.41, 5.74) is 6.49. The van der Waals surface area contributed by atoms with Crippen molar-refractivity contribution in [1.82, 2.24) is 0 Å². The first-order valence-electron chi connectivity index (χ1n) is 4.93. The Hall–Kier alpha value is -1.56. The highest BCUT2D eigenvalue weighted by atomic mass is 35.5. The Morgan fingerprint density at radius 2 is 2.00 bits per heavy atom. The topological polar surface area (TPSA) is 82.3 Å². The number of benzene rings is 1. The smallest absolute Gasteiger partial charge is 0.404 e. The van der Waals surface area contributed by atoms with Crippen LogP contribution in [0.5, 0.6) is 0 Å². The van der Waals surface area contributed by atoms with Crippen molar-refractivity contribution in [3.8, 4) is 0 Å². The van der Waals surface area contributed by atoms with E-state index < -0.39 is 11.0 Å². The summed E-state index contributed by atoms with van der Waals surface area (Å²) < 4.78 is 5.03. The van der Waals surface area contributed by atoms with Crippen molar-refractivity contribution >= 4 is 29.1 Å². The summed E-state index contributed by atoms with van der Waals surface area (Å²) in [4.78, 5) is 9.89. The Morgan fingerprint density at radius 3 is 2.61 bits per heavy atom. The van der Waals surface area contributed by atoms with Crippen molar-refractivity contribution in [2.45, 2.75) is 6.04 Å². The predicted octanol–water partition coefficient (Wildman–Crippen LogP) is 3.54. The molecule has 2 aromatic rings. The third-order valence-electron chi connectivity index (χ3n) is 2.39. The molecular formula is C11H8Cl2N2O3. The first-order chi connectivity index (χ1) is 8.49. The average Bonchev–Trinajstić information content (AvgIpc) is 2.81. The zero-order valence-corrected chi connectivity index (χ0v) is 10.5. The number of nitrogens with zero attached hydrogens (tertiary/aromatic N) is 1. The van der Waals surface area contributed by atoms with Crippen LogP contribution >= 0.6 is 23.2 Å². The normalized spacial score (nSPS) is 12.4. The molecule has 94 valence electrons. The Labute approximate surface area is 112 Å². The lowest BCUT2D eigenvalue weighted by molar-refractivity contribution is -0.402. The molecule has 2 rings (SSSR count). The molecule has 0 saturated heterocycles. The summed E-state index contributed by atoms with van der Waals surface area (Å²) in [6.45, 7) is 0. The predicted molar refractivity (Wildman–Crippen MR) is 67.9 cm³/mol. The first-order valence-corrected chi connectivity index (χ1v) is 5.69. The minimum Gasteiger partial charge on any atom is -0.404 e. The lowest BCUT2D eigenvalue weighted by atomic mass is 10.1. The van der Waals surface area contributed by atoms with Crippen LogP contribution in [-0.2, 0) is 0 Å². The molecule has 7 heteroatoms. The fraction of sp³-hybridized carbons (Fsp3) is 0.0909. The SMILES string of the molecule is NC(c1ccc([N+](=O)[O-])o1)c1cc(Cl)ccc1Cl. The van der Waals surface area contributed by atoms with Crippen LogP contribution in [0.3, 0.4) is 0 Å². The molecule has 0 aliphatic rings. The van der Waals surface area contributed by atoms with Crippen LogP contribution in [-0.4, -0.2) is 4.92 Å².